The number of esters is 1. The first-order valence-corrected chi connectivity index (χ1v) is 6.06. The van der Waals surface area contributed by atoms with Crippen LogP contribution in [-0.4, -0.2) is 32.9 Å². The fourth-order valence-electron chi connectivity index (χ4n) is 1.39. The molecule has 0 fully saturated rings. The molecule has 1 atom stereocenters. The second kappa shape index (κ2) is 7.89. The van der Waals surface area contributed by atoms with E-state index in [1.54, 1.807) is 12.1 Å². The van der Waals surface area contributed by atoms with Crippen molar-refractivity contribution in [2.24, 2.45) is 0 Å². The van der Waals surface area contributed by atoms with E-state index in [1.807, 2.05) is 6.92 Å². The van der Waals surface area contributed by atoms with Gasteiger partial charge in [-0.1, -0.05) is 6.92 Å². The van der Waals surface area contributed by atoms with Crippen molar-refractivity contribution in [3.8, 4) is 0 Å². The summed E-state index contributed by atoms with van der Waals surface area (Å²) in [6, 6.07) is 3.29. The summed E-state index contributed by atoms with van der Waals surface area (Å²) < 4.78 is 20.7. The van der Waals surface area contributed by atoms with Crippen LogP contribution in [0.4, 0.5) is 0 Å². The van der Waals surface area contributed by atoms with Gasteiger partial charge >= 0.3 is 5.97 Å². The maximum Gasteiger partial charge on any atom is 0.373 e. The largest absolute Gasteiger partial charge is 0.463 e. The van der Waals surface area contributed by atoms with Crippen LogP contribution in [0.5, 0.6) is 0 Å². The SMILES string of the molecule is CCCOCCOC(C)c1ccc(C(=O)OC)o1. The van der Waals surface area contributed by atoms with E-state index < -0.39 is 5.97 Å². The van der Waals surface area contributed by atoms with Crippen molar-refractivity contribution in [2.75, 3.05) is 26.9 Å². The van der Waals surface area contributed by atoms with Gasteiger partial charge in [-0.05, 0) is 25.5 Å². The Balaban J connectivity index is 2.35. The summed E-state index contributed by atoms with van der Waals surface area (Å²) in [7, 11) is 1.32. The number of carbonyl (C=O) groups is 1. The van der Waals surface area contributed by atoms with E-state index >= 15 is 0 Å². The van der Waals surface area contributed by atoms with E-state index in [0.717, 1.165) is 13.0 Å². The third-order valence-electron chi connectivity index (χ3n) is 2.36. The number of hydrogen-bond donors (Lipinski definition) is 0. The van der Waals surface area contributed by atoms with E-state index in [-0.39, 0.29) is 11.9 Å². The lowest BCUT2D eigenvalue weighted by atomic mass is 10.3. The number of hydrogen-bond acceptors (Lipinski definition) is 5. The zero-order valence-electron chi connectivity index (χ0n) is 11.1. The van der Waals surface area contributed by atoms with Crippen LogP contribution >= 0.6 is 0 Å². The van der Waals surface area contributed by atoms with Gasteiger partial charge < -0.3 is 18.6 Å². The molecule has 0 saturated carbocycles. The monoisotopic (exact) mass is 256 g/mol. The molecule has 5 nitrogen and oxygen atoms in total. The first-order valence-electron chi connectivity index (χ1n) is 6.06. The van der Waals surface area contributed by atoms with Crippen molar-refractivity contribution < 1.29 is 23.4 Å². The van der Waals surface area contributed by atoms with Crippen LogP contribution in [-0.2, 0) is 14.2 Å². The molecule has 0 radical (unpaired) electrons. The molecule has 0 saturated heterocycles. The highest BCUT2D eigenvalue weighted by atomic mass is 16.5. The molecule has 1 unspecified atom stereocenters. The number of ether oxygens (including phenoxy) is 3. The molecule has 0 N–H and O–H groups in total. The van der Waals surface area contributed by atoms with Crippen molar-refractivity contribution in [1.82, 2.24) is 0 Å². The van der Waals surface area contributed by atoms with Crippen LogP contribution in [0.15, 0.2) is 16.5 Å². The van der Waals surface area contributed by atoms with Gasteiger partial charge in [0.05, 0.1) is 20.3 Å². The fourth-order valence-corrected chi connectivity index (χ4v) is 1.39. The summed E-state index contributed by atoms with van der Waals surface area (Å²) in [5.41, 5.74) is 0. The molecular weight excluding hydrogens is 236 g/mol. The first kappa shape index (κ1) is 14.7. The molecule has 1 aromatic heterocycles. The van der Waals surface area contributed by atoms with E-state index in [1.165, 1.54) is 7.11 Å². The molecule has 1 rings (SSSR count). The van der Waals surface area contributed by atoms with E-state index in [9.17, 15) is 4.79 Å². The summed E-state index contributed by atoms with van der Waals surface area (Å²) in [6.45, 7) is 5.71. The third-order valence-corrected chi connectivity index (χ3v) is 2.36. The minimum atomic E-state index is -0.486. The summed E-state index contributed by atoms with van der Waals surface area (Å²) >= 11 is 0. The second-order valence-corrected chi connectivity index (χ2v) is 3.82. The molecular formula is C13H20O5. The van der Waals surface area contributed by atoms with Crippen LogP contribution in [0, 0.1) is 0 Å². The van der Waals surface area contributed by atoms with Gasteiger partial charge in [-0.2, -0.15) is 0 Å². The molecule has 18 heavy (non-hydrogen) atoms. The lowest BCUT2D eigenvalue weighted by Gasteiger charge is -2.10. The van der Waals surface area contributed by atoms with E-state index in [0.29, 0.717) is 19.0 Å². The molecule has 0 aliphatic carbocycles. The molecule has 5 heteroatoms. The molecule has 0 aliphatic rings. The van der Waals surface area contributed by atoms with Gasteiger partial charge in [0, 0.05) is 6.61 Å². The lowest BCUT2D eigenvalue weighted by Crippen LogP contribution is -2.07. The second-order valence-electron chi connectivity index (χ2n) is 3.82. The van der Waals surface area contributed by atoms with Crippen molar-refractivity contribution in [1.29, 1.82) is 0 Å². The molecule has 0 aliphatic heterocycles. The quantitative estimate of drug-likeness (QED) is 0.528. The van der Waals surface area contributed by atoms with Crippen LogP contribution in [0.25, 0.3) is 0 Å². The standard InChI is InChI=1S/C13H20O5/c1-4-7-16-8-9-17-10(2)11-5-6-12(18-11)13(14)15-3/h5-6,10H,4,7-9H2,1-3H3. The van der Waals surface area contributed by atoms with Gasteiger partial charge in [-0.15, -0.1) is 0 Å². The maximum absolute atomic E-state index is 11.2. The number of carbonyl (C=O) groups excluding carboxylic acids is 1. The maximum atomic E-state index is 11.2. The number of methoxy groups -OCH3 is 1. The Morgan fingerprint density at radius 1 is 1.33 bits per heavy atom. The zero-order valence-corrected chi connectivity index (χ0v) is 11.1. The average Bonchev–Trinajstić information content (AvgIpc) is 2.87. The topological polar surface area (TPSA) is 57.9 Å². The highest BCUT2D eigenvalue weighted by Crippen LogP contribution is 2.19. The molecule has 0 spiro atoms. The predicted molar refractivity (Wildman–Crippen MR) is 65.5 cm³/mol. The minimum absolute atomic E-state index is 0.185. The van der Waals surface area contributed by atoms with Crippen LogP contribution in [0.1, 0.15) is 42.7 Å². The van der Waals surface area contributed by atoms with E-state index in [2.05, 4.69) is 11.7 Å². The van der Waals surface area contributed by atoms with Gasteiger partial charge in [0.25, 0.3) is 0 Å². The van der Waals surface area contributed by atoms with Gasteiger partial charge in [0.2, 0.25) is 5.76 Å². The van der Waals surface area contributed by atoms with Crippen LogP contribution < -0.4 is 0 Å². The third kappa shape index (κ3) is 4.50. The number of furan rings is 1. The summed E-state index contributed by atoms with van der Waals surface area (Å²) in [4.78, 5) is 11.2. The molecule has 0 bridgehead atoms. The normalized spacial score (nSPS) is 12.4. The first-order chi connectivity index (χ1) is 8.69. The smallest absolute Gasteiger partial charge is 0.373 e. The number of rotatable bonds is 8. The van der Waals surface area contributed by atoms with Crippen molar-refractivity contribution in [2.45, 2.75) is 26.4 Å². The van der Waals surface area contributed by atoms with E-state index in [4.69, 9.17) is 13.9 Å². The Labute approximate surface area is 107 Å². The van der Waals surface area contributed by atoms with Gasteiger partial charge in [0.1, 0.15) is 11.9 Å². The molecule has 1 aromatic rings. The van der Waals surface area contributed by atoms with Gasteiger partial charge in [-0.25, -0.2) is 4.79 Å². The molecule has 1 heterocycles. The van der Waals surface area contributed by atoms with Crippen molar-refractivity contribution in [3.63, 3.8) is 0 Å². The summed E-state index contributed by atoms with van der Waals surface area (Å²) in [5.74, 6) is 0.302. The lowest BCUT2D eigenvalue weighted by molar-refractivity contribution is 0.00265. The Bertz CT molecular complexity index is 358. The highest BCUT2D eigenvalue weighted by Gasteiger charge is 2.15. The molecule has 102 valence electrons. The molecule has 0 amide bonds. The minimum Gasteiger partial charge on any atom is -0.463 e. The van der Waals surface area contributed by atoms with Crippen LogP contribution in [0.2, 0.25) is 0 Å². The van der Waals surface area contributed by atoms with Gasteiger partial charge in [0.15, 0.2) is 0 Å². The molecule has 0 aromatic carbocycles. The Kier molecular flexibility index (Phi) is 6.46. The fraction of sp³-hybridized carbons (Fsp3) is 0.615. The Morgan fingerprint density at radius 3 is 2.78 bits per heavy atom. The predicted octanol–water partition coefficient (Wildman–Crippen LogP) is 2.57. The van der Waals surface area contributed by atoms with Crippen molar-refractivity contribution >= 4 is 5.97 Å². The summed E-state index contributed by atoms with van der Waals surface area (Å²) in [6.07, 6.45) is 0.782. The van der Waals surface area contributed by atoms with Crippen molar-refractivity contribution in [3.05, 3.63) is 23.7 Å². The Morgan fingerprint density at radius 2 is 2.11 bits per heavy atom. The Hall–Kier alpha value is -1.33. The average molecular weight is 256 g/mol. The zero-order chi connectivity index (χ0) is 13.4. The highest BCUT2D eigenvalue weighted by molar-refractivity contribution is 5.86. The summed E-state index contributed by atoms with van der Waals surface area (Å²) in [5, 5.41) is 0. The van der Waals surface area contributed by atoms with Gasteiger partial charge in [-0.3, -0.25) is 0 Å². The van der Waals surface area contributed by atoms with Crippen LogP contribution in [0.3, 0.4) is 0 Å².